The summed E-state index contributed by atoms with van der Waals surface area (Å²) in [6.45, 7) is 8.14. The molecule has 2 amide bonds. The zero-order chi connectivity index (χ0) is 19.9. The van der Waals surface area contributed by atoms with Crippen molar-refractivity contribution in [2.24, 2.45) is 4.99 Å². The number of amides is 2. The van der Waals surface area contributed by atoms with Crippen molar-refractivity contribution in [3.63, 3.8) is 0 Å². The maximum Gasteiger partial charge on any atom is 0.239 e. The van der Waals surface area contributed by atoms with Gasteiger partial charge in [0.15, 0.2) is 5.96 Å². The first kappa shape index (κ1) is 20.7. The number of nitrogens with zero attached hydrogens (tertiary/aromatic N) is 2. The lowest BCUT2D eigenvalue weighted by Gasteiger charge is -2.21. The van der Waals surface area contributed by atoms with Gasteiger partial charge in [-0.25, -0.2) is 0 Å². The van der Waals surface area contributed by atoms with Crippen molar-refractivity contribution < 1.29 is 9.59 Å². The Labute approximate surface area is 161 Å². The average Bonchev–Trinajstić information content (AvgIpc) is 2.99. The molecule has 1 heterocycles. The quantitative estimate of drug-likeness (QED) is 0.520. The van der Waals surface area contributed by atoms with Gasteiger partial charge in [0.25, 0.3) is 0 Å². The fourth-order valence-electron chi connectivity index (χ4n) is 2.89. The summed E-state index contributed by atoms with van der Waals surface area (Å²) in [6.07, 6.45) is 1.63. The minimum absolute atomic E-state index is 0.0775. The van der Waals surface area contributed by atoms with Gasteiger partial charge in [-0.05, 0) is 38.3 Å². The van der Waals surface area contributed by atoms with E-state index in [0.29, 0.717) is 25.5 Å². The SMILES string of the molecule is CN=C(NCC(=O)NC(C)(C)C)NCc1ccc(CN2CCCC2=O)cc1. The molecule has 1 aliphatic heterocycles. The van der Waals surface area contributed by atoms with Gasteiger partial charge in [0.1, 0.15) is 0 Å². The third-order valence-electron chi connectivity index (χ3n) is 4.18. The monoisotopic (exact) mass is 373 g/mol. The zero-order valence-corrected chi connectivity index (χ0v) is 16.8. The molecule has 0 unspecified atom stereocenters. The van der Waals surface area contributed by atoms with E-state index in [9.17, 15) is 9.59 Å². The number of rotatable bonds is 6. The van der Waals surface area contributed by atoms with Crippen LogP contribution in [0.1, 0.15) is 44.7 Å². The Kier molecular flexibility index (Phi) is 7.21. The number of hydrogen-bond acceptors (Lipinski definition) is 3. The number of carbonyl (C=O) groups excluding carboxylic acids is 2. The second-order valence-corrected chi connectivity index (χ2v) is 7.81. The molecule has 1 aromatic rings. The van der Waals surface area contributed by atoms with Gasteiger partial charge in [-0.3, -0.25) is 14.6 Å². The summed E-state index contributed by atoms with van der Waals surface area (Å²) < 4.78 is 0. The predicted octanol–water partition coefficient (Wildman–Crippen LogP) is 1.39. The van der Waals surface area contributed by atoms with Crippen molar-refractivity contribution in [2.45, 2.75) is 52.2 Å². The van der Waals surface area contributed by atoms with E-state index in [4.69, 9.17) is 0 Å². The van der Waals surface area contributed by atoms with Crippen LogP contribution in [0.5, 0.6) is 0 Å². The van der Waals surface area contributed by atoms with E-state index in [1.54, 1.807) is 7.05 Å². The lowest BCUT2D eigenvalue weighted by atomic mass is 10.1. The van der Waals surface area contributed by atoms with Crippen LogP contribution in [0.25, 0.3) is 0 Å². The summed E-state index contributed by atoms with van der Waals surface area (Å²) >= 11 is 0. The predicted molar refractivity (Wildman–Crippen MR) is 107 cm³/mol. The Morgan fingerprint density at radius 1 is 1.15 bits per heavy atom. The van der Waals surface area contributed by atoms with Gasteiger partial charge in [0.2, 0.25) is 11.8 Å². The van der Waals surface area contributed by atoms with E-state index < -0.39 is 0 Å². The Morgan fingerprint density at radius 2 is 1.81 bits per heavy atom. The molecule has 27 heavy (non-hydrogen) atoms. The van der Waals surface area contributed by atoms with Gasteiger partial charge in [0.05, 0.1) is 6.54 Å². The highest BCUT2D eigenvalue weighted by atomic mass is 16.2. The van der Waals surface area contributed by atoms with E-state index in [0.717, 1.165) is 24.1 Å². The first-order chi connectivity index (χ1) is 12.8. The molecule has 3 N–H and O–H groups in total. The van der Waals surface area contributed by atoms with Gasteiger partial charge >= 0.3 is 0 Å². The first-order valence-corrected chi connectivity index (χ1v) is 9.38. The highest BCUT2D eigenvalue weighted by Crippen LogP contribution is 2.14. The van der Waals surface area contributed by atoms with E-state index >= 15 is 0 Å². The summed E-state index contributed by atoms with van der Waals surface area (Å²) in [6, 6.07) is 8.19. The lowest BCUT2D eigenvalue weighted by molar-refractivity contribution is -0.128. The minimum atomic E-state index is -0.253. The van der Waals surface area contributed by atoms with Crippen LogP contribution in [-0.2, 0) is 22.7 Å². The van der Waals surface area contributed by atoms with Crippen molar-refractivity contribution in [1.82, 2.24) is 20.9 Å². The van der Waals surface area contributed by atoms with Gasteiger partial charge in [-0.2, -0.15) is 0 Å². The van der Waals surface area contributed by atoms with E-state index in [1.807, 2.05) is 37.8 Å². The molecule has 0 radical (unpaired) electrons. The largest absolute Gasteiger partial charge is 0.352 e. The molecule has 1 aromatic carbocycles. The number of hydrogen-bond donors (Lipinski definition) is 3. The molecule has 1 aliphatic rings. The third kappa shape index (κ3) is 7.29. The maximum absolute atomic E-state index is 11.9. The average molecular weight is 374 g/mol. The lowest BCUT2D eigenvalue weighted by Crippen LogP contribution is -2.48. The number of benzene rings is 1. The number of guanidine groups is 1. The number of aliphatic imine (C=N–C) groups is 1. The fourth-order valence-corrected chi connectivity index (χ4v) is 2.89. The van der Waals surface area contributed by atoms with Gasteiger partial charge in [-0.1, -0.05) is 24.3 Å². The van der Waals surface area contributed by atoms with Gasteiger partial charge in [-0.15, -0.1) is 0 Å². The van der Waals surface area contributed by atoms with Crippen LogP contribution in [0.3, 0.4) is 0 Å². The summed E-state index contributed by atoms with van der Waals surface area (Å²) in [4.78, 5) is 29.6. The van der Waals surface area contributed by atoms with Crippen LogP contribution in [0, 0.1) is 0 Å². The van der Waals surface area contributed by atoms with E-state index in [2.05, 4.69) is 33.1 Å². The van der Waals surface area contributed by atoms with Crippen molar-refractivity contribution >= 4 is 17.8 Å². The van der Waals surface area contributed by atoms with Crippen LogP contribution < -0.4 is 16.0 Å². The molecule has 0 saturated carbocycles. The molecule has 1 saturated heterocycles. The van der Waals surface area contributed by atoms with Gasteiger partial charge < -0.3 is 20.9 Å². The Morgan fingerprint density at radius 3 is 2.37 bits per heavy atom. The normalized spacial score (nSPS) is 15.0. The summed E-state index contributed by atoms with van der Waals surface area (Å²) in [5, 5.41) is 9.11. The molecule has 0 bridgehead atoms. The van der Waals surface area contributed by atoms with Crippen LogP contribution in [0.4, 0.5) is 0 Å². The van der Waals surface area contributed by atoms with Crippen molar-refractivity contribution in [2.75, 3.05) is 20.1 Å². The molecule has 1 fully saturated rings. The fraction of sp³-hybridized carbons (Fsp3) is 0.550. The standard InChI is InChI=1S/C20H31N5O2/c1-20(2,3)24-17(26)13-23-19(21-4)22-12-15-7-9-16(10-8-15)14-25-11-5-6-18(25)27/h7-10H,5-6,11-14H2,1-4H3,(H,24,26)(H2,21,22,23). The van der Waals surface area contributed by atoms with Crippen LogP contribution in [0.15, 0.2) is 29.3 Å². The van der Waals surface area contributed by atoms with Crippen molar-refractivity contribution in [3.05, 3.63) is 35.4 Å². The van der Waals surface area contributed by atoms with Crippen LogP contribution in [0.2, 0.25) is 0 Å². The Hall–Kier alpha value is -2.57. The minimum Gasteiger partial charge on any atom is -0.352 e. The molecule has 0 spiro atoms. The summed E-state index contributed by atoms with van der Waals surface area (Å²) in [5.74, 6) is 0.739. The number of likely N-dealkylation sites (tertiary alicyclic amines) is 1. The second kappa shape index (κ2) is 9.39. The molecule has 2 rings (SSSR count). The molecule has 0 aliphatic carbocycles. The molecular formula is C20H31N5O2. The molecule has 7 nitrogen and oxygen atoms in total. The van der Waals surface area contributed by atoms with Gasteiger partial charge in [0, 0.05) is 38.6 Å². The van der Waals surface area contributed by atoms with E-state index in [1.165, 1.54) is 0 Å². The summed E-state index contributed by atoms with van der Waals surface area (Å²) in [7, 11) is 1.67. The highest BCUT2D eigenvalue weighted by Gasteiger charge is 2.19. The Balaban J connectivity index is 1.77. The second-order valence-electron chi connectivity index (χ2n) is 7.81. The smallest absolute Gasteiger partial charge is 0.239 e. The van der Waals surface area contributed by atoms with Crippen molar-refractivity contribution in [1.29, 1.82) is 0 Å². The third-order valence-corrected chi connectivity index (χ3v) is 4.18. The summed E-state index contributed by atoms with van der Waals surface area (Å²) in [5.41, 5.74) is 1.99. The number of carbonyl (C=O) groups is 2. The maximum atomic E-state index is 11.9. The molecule has 0 aromatic heterocycles. The van der Waals surface area contributed by atoms with Crippen molar-refractivity contribution in [3.8, 4) is 0 Å². The van der Waals surface area contributed by atoms with Crippen LogP contribution in [-0.4, -0.2) is 48.3 Å². The molecule has 148 valence electrons. The van der Waals surface area contributed by atoms with E-state index in [-0.39, 0.29) is 23.9 Å². The molecule has 7 heteroatoms. The van der Waals surface area contributed by atoms with Crippen LogP contribution >= 0.6 is 0 Å². The topological polar surface area (TPSA) is 85.8 Å². The Bertz CT molecular complexity index is 677. The molecular weight excluding hydrogens is 342 g/mol. The highest BCUT2D eigenvalue weighted by molar-refractivity contribution is 5.86. The molecule has 0 atom stereocenters. The number of nitrogens with one attached hydrogen (secondary N) is 3. The first-order valence-electron chi connectivity index (χ1n) is 9.38. The zero-order valence-electron chi connectivity index (χ0n) is 16.8.